The van der Waals surface area contributed by atoms with Crippen molar-refractivity contribution in [2.45, 2.75) is 0 Å². The van der Waals surface area contributed by atoms with Crippen LogP contribution in [0.25, 0.3) is 12.2 Å². The lowest BCUT2D eigenvalue weighted by Gasteiger charge is -2.29. The van der Waals surface area contributed by atoms with Crippen molar-refractivity contribution in [2.75, 3.05) is 25.0 Å². The number of benzene rings is 3. The van der Waals surface area contributed by atoms with Gasteiger partial charge in [-0.2, -0.15) is 0 Å². The first-order chi connectivity index (χ1) is 16.2. The largest absolute Gasteiger partial charge is 0.323 e. The highest BCUT2D eigenvalue weighted by Gasteiger charge is 2.25. The summed E-state index contributed by atoms with van der Waals surface area (Å²) in [6.07, 6.45) is 7.30. The summed E-state index contributed by atoms with van der Waals surface area (Å²) in [7, 11) is 0. The predicted molar refractivity (Wildman–Crippen MR) is 134 cm³/mol. The minimum Gasteiger partial charge on any atom is -0.323 e. The molecule has 0 aromatic heterocycles. The highest BCUT2D eigenvalue weighted by molar-refractivity contribution is 6.14. The number of nitrogens with zero attached hydrogens (tertiary/aromatic N) is 1. The Kier molecular flexibility index (Phi) is 7.41. The van der Waals surface area contributed by atoms with Crippen molar-refractivity contribution in [3.8, 4) is 0 Å². The molecule has 0 unspecified atom stereocenters. The summed E-state index contributed by atoms with van der Waals surface area (Å²) in [6, 6.07) is 29.1. The van der Waals surface area contributed by atoms with Gasteiger partial charge in [-0.05, 0) is 35.4 Å². The fraction of sp³-hybridized carbons (Fsp3) is 0.103. The number of para-hydroxylation sites is 1. The molecule has 33 heavy (non-hydrogen) atoms. The summed E-state index contributed by atoms with van der Waals surface area (Å²) < 4.78 is 0. The van der Waals surface area contributed by atoms with Gasteiger partial charge in [-0.25, -0.2) is 0 Å². The number of anilines is 1. The van der Waals surface area contributed by atoms with Gasteiger partial charge < -0.3 is 5.32 Å². The first-order valence-corrected chi connectivity index (χ1v) is 11.0. The highest BCUT2D eigenvalue weighted by atomic mass is 16.1. The number of Topliss-reactive ketones (excluding diaryl/α,β-unsaturated/α-hetero) is 1. The normalized spacial score (nSPS) is 17.0. The molecule has 1 amide bonds. The molecule has 1 N–H and O–H groups in total. The van der Waals surface area contributed by atoms with Gasteiger partial charge in [-0.3, -0.25) is 14.5 Å². The van der Waals surface area contributed by atoms with Crippen molar-refractivity contribution in [2.24, 2.45) is 0 Å². The third kappa shape index (κ3) is 6.48. The topological polar surface area (TPSA) is 49.4 Å². The summed E-state index contributed by atoms with van der Waals surface area (Å²) in [5.74, 6) is -0.0980. The lowest BCUT2D eigenvalue weighted by molar-refractivity contribution is -0.113. The van der Waals surface area contributed by atoms with Gasteiger partial charge in [0.2, 0.25) is 5.91 Å². The van der Waals surface area contributed by atoms with E-state index in [1.807, 2.05) is 109 Å². The van der Waals surface area contributed by atoms with Crippen LogP contribution >= 0.6 is 0 Å². The lowest BCUT2D eigenvalue weighted by Crippen LogP contribution is -2.37. The number of likely N-dealkylation sites (tertiary alicyclic amines) is 1. The molecule has 0 saturated carbocycles. The van der Waals surface area contributed by atoms with Crippen molar-refractivity contribution >= 4 is 29.5 Å². The first-order valence-electron chi connectivity index (χ1n) is 11.0. The first kappa shape index (κ1) is 22.2. The van der Waals surface area contributed by atoms with Crippen LogP contribution in [0.2, 0.25) is 0 Å². The van der Waals surface area contributed by atoms with E-state index >= 15 is 0 Å². The van der Waals surface area contributed by atoms with Crippen LogP contribution in [0.4, 0.5) is 5.69 Å². The summed E-state index contributed by atoms with van der Waals surface area (Å²) in [5, 5.41) is 2.85. The van der Waals surface area contributed by atoms with E-state index in [1.54, 1.807) is 6.08 Å². The van der Waals surface area contributed by atoms with Crippen molar-refractivity contribution in [3.05, 3.63) is 125 Å². The van der Waals surface area contributed by atoms with Crippen molar-refractivity contribution < 1.29 is 9.59 Å². The SMILES string of the molecule is O=C(/C=C\CN1C/C(=C/c2ccccc2)C(=O)/C(=C/c2ccccc2)C1)Nc1ccccc1. The second-order valence-corrected chi connectivity index (χ2v) is 7.92. The Labute approximate surface area is 194 Å². The maximum atomic E-state index is 13.2. The standard InChI is InChI=1S/C29H26N2O2/c32-28(30-27-15-8-3-9-16-27)17-10-18-31-21-25(19-23-11-4-1-5-12-23)29(33)26(22-31)20-24-13-6-2-7-14-24/h1-17,19-20H,18,21-22H2,(H,30,32)/b17-10-,25-19-,26-20+. The van der Waals surface area contributed by atoms with Crippen LogP contribution in [0, 0.1) is 0 Å². The molecule has 1 saturated heterocycles. The molecule has 3 aromatic carbocycles. The van der Waals surface area contributed by atoms with E-state index in [4.69, 9.17) is 0 Å². The van der Waals surface area contributed by atoms with Crippen molar-refractivity contribution in [3.63, 3.8) is 0 Å². The number of carbonyl (C=O) groups excluding carboxylic acids is 2. The van der Waals surface area contributed by atoms with E-state index < -0.39 is 0 Å². The van der Waals surface area contributed by atoms with Gasteiger partial charge in [0.1, 0.15) is 0 Å². The molecule has 0 bridgehead atoms. The molecule has 0 aliphatic carbocycles. The van der Waals surface area contributed by atoms with E-state index in [2.05, 4.69) is 10.2 Å². The Hall–Kier alpha value is -4.02. The van der Waals surface area contributed by atoms with Crippen molar-refractivity contribution in [1.29, 1.82) is 0 Å². The van der Waals surface area contributed by atoms with E-state index in [9.17, 15) is 9.59 Å². The zero-order valence-corrected chi connectivity index (χ0v) is 18.4. The Balaban J connectivity index is 1.50. The van der Waals surface area contributed by atoms with E-state index in [-0.39, 0.29) is 11.7 Å². The average molecular weight is 435 g/mol. The van der Waals surface area contributed by atoms with E-state index in [0.717, 1.165) is 28.0 Å². The number of nitrogens with one attached hydrogen (secondary N) is 1. The minimum atomic E-state index is -0.172. The predicted octanol–water partition coefficient (Wildman–Crippen LogP) is 5.23. The smallest absolute Gasteiger partial charge is 0.248 e. The molecular weight excluding hydrogens is 408 g/mol. The Morgan fingerprint density at radius 2 is 1.24 bits per heavy atom. The molecule has 0 atom stereocenters. The number of piperidine rings is 1. The molecule has 4 nitrogen and oxygen atoms in total. The van der Waals surface area contributed by atoms with Crippen LogP contribution in [0.3, 0.4) is 0 Å². The number of rotatable bonds is 6. The maximum absolute atomic E-state index is 13.2. The van der Waals surface area contributed by atoms with Crippen LogP contribution in [0.15, 0.2) is 114 Å². The number of ketones is 1. The van der Waals surface area contributed by atoms with Gasteiger partial charge in [0.15, 0.2) is 5.78 Å². The van der Waals surface area contributed by atoms with Gasteiger partial charge in [0.05, 0.1) is 0 Å². The van der Waals surface area contributed by atoms with Crippen LogP contribution in [-0.2, 0) is 9.59 Å². The summed E-state index contributed by atoms with van der Waals surface area (Å²) in [6.45, 7) is 1.63. The second kappa shape index (κ2) is 11.0. The average Bonchev–Trinajstić information content (AvgIpc) is 2.84. The third-order valence-electron chi connectivity index (χ3n) is 5.33. The lowest BCUT2D eigenvalue weighted by atomic mass is 9.94. The fourth-order valence-corrected chi connectivity index (χ4v) is 3.75. The molecule has 1 aliphatic heterocycles. The van der Waals surface area contributed by atoms with Gasteiger partial charge in [0.25, 0.3) is 0 Å². The summed E-state index contributed by atoms with van der Waals surface area (Å²) in [4.78, 5) is 27.6. The molecule has 164 valence electrons. The van der Waals surface area contributed by atoms with Gasteiger partial charge >= 0.3 is 0 Å². The van der Waals surface area contributed by atoms with Crippen LogP contribution in [0.1, 0.15) is 11.1 Å². The third-order valence-corrected chi connectivity index (χ3v) is 5.33. The van der Waals surface area contributed by atoms with E-state index in [1.165, 1.54) is 0 Å². The van der Waals surface area contributed by atoms with Gasteiger partial charge in [-0.15, -0.1) is 0 Å². The quantitative estimate of drug-likeness (QED) is 0.540. The molecule has 0 radical (unpaired) electrons. The Bertz CT molecular complexity index is 1120. The summed E-state index contributed by atoms with van der Waals surface area (Å²) in [5.41, 5.74) is 4.25. The van der Waals surface area contributed by atoms with Crippen molar-refractivity contribution in [1.82, 2.24) is 4.90 Å². The summed E-state index contributed by atoms with van der Waals surface area (Å²) >= 11 is 0. The molecule has 1 fully saturated rings. The molecule has 1 heterocycles. The second-order valence-electron chi connectivity index (χ2n) is 7.92. The molecule has 1 aliphatic rings. The van der Waals surface area contributed by atoms with Crippen LogP contribution < -0.4 is 5.32 Å². The number of hydrogen-bond acceptors (Lipinski definition) is 3. The van der Waals surface area contributed by atoms with Crippen LogP contribution in [-0.4, -0.2) is 36.2 Å². The molecular formula is C29H26N2O2. The maximum Gasteiger partial charge on any atom is 0.248 e. The zero-order valence-electron chi connectivity index (χ0n) is 18.4. The Morgan fingerprint density at radius 1 is 0.758 bits per heavy atom. The van der Waals surface area contributed by atoms with Gasteiger partial charge in [0, 0.05) is 42.5 Å². The van der Waals surface area contributed by atoms with Gasteiger partial charge in [-0.1, -0.05) is 84.9 Å². The zero-order chi connectivity index (χ0) is 22.9. The number of hydrogen-bond donors (Lipinski definition) is 1. The molecule has 4 rings (SSSR count). The van der Waals surface area contributed by atoms with E-state index in [0.29, 0.717) is 19.6 Å². The number of amides is 1. The fourth-order valence-electron chi connectivity index (χ4n) is 3.75. The molecule has 4 heteroatoms. The highest BCUT2D eigenvalue weighted by Crippen LogP contribution is 2.22. The Morgan fingerprint density at radius 3 is 1.76 bits per heavy atom. The number of carbonyl (C=O) groups is 2. The van der Waals surface area contributed by atoms with Crippen LogP contribution in [0.5, 0.6) is 0 Å². The monoisotopic (exact) mass is 434 g/mol. The minimum absolute atomic E-state index is 0.0738. The molecule has 0 spiro atoms. The molecule has 3 aromatic rings.